The number of aryl methyl sites for hydroxylation is 1. The Hall–Kier alpha value is -2.76. The van der Waals surface area contributed by atoms with Crippen LogP contribution in [-0.2, 0) is 23.1 Å². The second-order valence-corrected chi connectivity index (χ2v) is 5.73. The molecular weight excluding hydrogens is 400 g/mol. The van der Waals surface area contributed by atoms with Crippen molar-refractivity contribution >= 4 is 39.4 Å². The van der Waals surface area contributed by atoms with E-state index in [1.165, 1.54) is 15.6 Å². The Balaban J connectivity index is 2.19. The van der Waals surface area contributed by atoms with Crippen LogP contribution in [0.25, 0.3) is 0 Å². The van der Waals surface area contributed by atoms with Crippen LogP contribution in [0.3, 0.4) is 0 Å². The molecule has 0 saturated carbocycles. The van der Waals surface area contributed by atoms with Gasteiger partial charge >= 0.3 is 11.8 Å². The maximum Gasteiger partial charge on any atom is 0.404 e. The number of nitro groups is 1. The molecule has 0 atom stereocenters. The molecule has 12 heteroatoms. The van der Waals surface area contributed by atoms with E-state index in [9.17, 15) is 19.7 Å². The lowest BCUT2D eigenvalue weighted by molar-refractivity contribution is -0.390. The number of rotatable bonds is 6. The molecule has 0 saturated heterocycles. The number of nitrogens with one attached hydrogen (secondary N) is 1. The van der Waals surface area contributed by atoms with Crippen LogP contribution in [0.1, 0.15) is 23.0 Å². The quantitative estimate of drug-likeness (QED) is 0.428. The summed E-state index contributed by atoms with van der Waals surface area (Å²) in [4.78, 5) is 34.4. The maximum absolute atomic E-state index is 12.3. The first-order chi connectivity index (χ1) is 11.8. The average Bonchev–Trinajstić information content (AvgIpc) is 3.03. The zero-order valence-electron chi connectivity index (χ0n) is 13.6. The van der Waals surface area contributed by atoms with Crippen molar-refractivity contribution < 1.29 is 19.2 Å². The van der Waals surface area contributed by atoms with E-state index in [2.05, 4.69) is 31.4 Å². The zero-order valence-corrected chi connectivity index (χ0v) is 15.2. The highest BCUT2D eigenvalue weighted by Crippen LogP contribution is 2.27. The lowest BCUT2D eigenvalue weighted by atomic mass is 10.3. The van der Waals surface area contributed by atoms with Gasteiger partial charge in [-0.2, -0.15) is 9.78 Å². The van der Waals surface area contributed by atoms with E-state index < -0.39 is 16.8 Å². The molecule has 1 amide bonds. The Bertz CT molecular complexity index is 842. The average molecular weight is 415 g/mol. The van der Waals surface area contributed by atoms with Gasteiger partial charge in [0.15, 0.2) is 0 Å². The van der Waals surface area contributed by atoms with Gasteiger partial charge in [-0.1, -0.05) is 0 Å². The normalized spacial score (nSPS) is 10.6. The number of ether oxygens (including phenoxy) is 1. The third-order valence-electron chi connectivity index (χ3n) is 3.27. The molecule has 0 aliphatic rings. The first-order valence-electron chi connectivity index (χ1n) is 7.12. The van der Waals surface area contributed by atoms with Crippen molar-refractivity contribution in [3.8, 4) is 0 Å². The summed E-state index contributed by atoms with van der Waals surface area (Å²) in [6.07, 6.45) is 1.29. The van der Waals surface area contributed by atoms with E-state index in [0.717, 1.165) is 0 Å². The Labute approximate surface area is 150 Å². The maximum atomic E-state index is 12.3. The number of halogens is 1. The van der Waals surface area contributed by atoms with Crippen molar-refractivity contribution in [1.82, 2.24) is 19.6 Å². The summed E-state index contributed by atoms with van der Waals surface area (Å²) in [6.45, 7) is 3.17. The van der Waals surface area contributed by atoms with Crippen molar-refractivity contribution in [1.29, 1.82) is 0 Å². The predicted octanol–water partition coefficient (Wildman–Crippen LogP) is 1.41. The van der Waals surface area contributed by atoms with Crippen molar-refractivity contribution in [2.75, 3.05) is 11.9 Å². The fourth-order valence-corrected chi connectivity index (χ4v) is 2.46. The Morgan fingerprint density at radius 1 is 1.48 bits per heavy atom. The summed E-state index contributed by atoms with van der Waals surface area (Å²) in [7, 11) is 1.55. The molecule has 134 valence electrons. The first kappa shape index (κ1) is 18.6. The van der Waals surface area contributed by atoms with E-state index in [0.29, 0.717) is 5.69 Å². The number of esters is 1. The molecule has 2 aromatic rings. The van der Waals surface area contributed by atoms with E-state index in [4.69, 9.17) is 4.74 Å². The summed E-state index contributed by atoms with van der Waals surface area (Å²) in [6, 6.07) is 0. The highest BCUT2D eigenvalue weighted by atomic mass is 79.9. The number of anilines is 1. The molecule has 11 nitrogen and oxygen atoms in total. The second-order valence-electron chi connectivity index (χ2n) is 4.94. The number of hydrogen-bond acceptors (Lipinski definition) is 7. The largest absolute Gasteiger partial charge is 0.462 e. The van der Waals surface area contributed by atoms with E-state index in [1.807, 2.05) is 0 Å². The molecule has 0 fully saturated rings. The topological polar surface area (TPSA) is 134 Å². The second kappa shape index (κ2) is 7.42. The molecule has 0 radical (unpaired) electrons. The van der Waals surface area contributed by atoms with Crippen LogP contribution in [-0.4, -0.2) is 43.0 Å². The van der Waals surface area contributed by atoms with Crippen molar-refractivity contribution in [2.45, 2.75) is 20.4 Å². The molecule has 25 heavy (non-hydrogen) atoms. The van der Waals surface area contributed by atoms with Gasteiger partial charge < -0.3 is 20.2 Å². The summed E-state index contributed by atoms with van der Waals surface area (Å²) < 4.78 is 7.62. The first-order valence-corrected chi connectivity index (χ1v) is 7.91. The minimum atomic E-state index is -0.647. The van der Waals surface area contributed by atoms with Crippen LogP contribution >= 0.6 is 15.9 Å². The Morgan fingerprint density at radius 2 is 2.16 bits per heavy atom. The lowest BCUT2D eigenvalue weighted by Gasteiger charge is -2.08. The van der Waals surface area contributed by atoms with Gasteiger partial charge in [-0.15, -0.1) is 0 Å². The molecular formula is C13H15BrN6O5. The number of amides is 1. The third-order valence-corrected chi connectivity index (χ3v) is 4.20. The highest BCUT2D eigenvalue weighted by Gasteiger charge is 2.25. The molecule has 0 aliphatic carbocycles. The van der Waals surface area contributed by atoms with Crippen molar-refractivity contribution in [2.24, 2.45) is 7.05 Å². The smallest absolute Gasteiger partial charge is 0.404 e. The van der Waals surface area contributed by atoms with E-state index in [1.54, 1.807) is 20.9 Å². The fourth-order valence-electron chi connectivity index (χ4n) is 2.03. The lowest BCUT2D eigenvalue weighted by Crippen LogP contribution is -2.23. The third kappa shape index (κ3) is 3.84. The van der Waals surface area contributed by atoms with E-state index >= 15 is 0 Å². The van der Waals surface area contributed by atoms with Crippen LogP contribution in [0.2, 0.25) is 0 Å². The number of aromatic nitrogens is 4. The highest BCUT2D eigenvalue weighted by molar-refractivity contribution is 9.10. The van der Waals surface area contributed by atoms with Gasteiger partial charge in [0.2, 0.25) is 5.91 Å². The molecule has 2 aromatic heterocycles. The van der Waals surface area contributed by atoms with Crippen LogP contribution in [0, 0.1) is 17.0 Å². The van der Waals surface area contributed by atoms with Gasteiger partial charge in [0.05, 0.1) is 23.6 Å². The summed E-state index contributed by atoms with van der Waals surface area (Å²) in [5.41, 5.74) is 0.541. The monoisotopic (exact) mass is 414 g/mol. The van der Waals surface area contributed by atoms with Crippen LogP contribution in [0.15, 0.2) is 10.7 Å². The van der Waals surface area contributed by atoms with Gasteiger partial charge in [-0.3, -0.25) is 9.48 Å². The summed E-state index contributed by atoms with van der Waals surface area (Å²) in [5.74, 6) is -1.35. The van der Waals surface area contributed by atoms with Gasteiger partial charge in [0.25, 0.3) is 0 Å². The fraction of sp³-hybridized carbons (Fsp3) is 0.385. The zero-order chi connectivity index (χ0) is 18.7. The molecule has 0 bridgehead atoms. The molecule has 2 rings (SSSR count). The number of carbonyl (C=O) groups excluding carboxylic acids is 2. The number of carbonyl (C=O) groups is 2. The minimum absolute atomic E-state index is 0.113. The molecule has 0 aromatic carbocycles. The van der Waals surface area contributed by atoms with Gasteiger partial charge in [-0.05, 0) is 34.7 Å². The van der Waals surface area contributed by atoms with Crippen LogP contribution in [0.5, 0.6) is 0 Å². The molecule has 2 heterocycles. The van der Waals surface area contributed by atoms with Crippen LogP contribution < -0.4 is 5.32 Å². The number of hydrogen-bond donors (Lipinski definition) is 1. The van der Waals surface area contributed by atoms with Gasteiger partial charge in [-0.25, -0.2) is 4.79 Å². The van der Waals surface area contributed by atoms with E-state index in [-0.39, 0.29) is 34.8 Å². The predicted molar refractivity (Wildman–Crippen MR) is 89.1 cm³/mol. The molecule has 1 N–H and O–H groups in total. The SMILES string of the molecule is CCOC(=O)c1cnn(C)c1NC(=O)Cn1nc([N+](=O)[O-])c(Br)c1C. The summed E-state index contributed by atoms with van der Waals surface area (Å²) >= 11 is 3.08. The standard InChI is InChI=1S/C13H15BrN6O5/c1-4-25-13(22)8-5-15-18(3)11(8)16-9(21)6-19-7(2)10(14)12(17-19)20(23)24/h5H,4,6H2,1-3H3,(H,16,21). The Kier molecular flexibility index (Phi) is 5.51. The molecule has 0 aliphatic heterocycles. The molecule has 0 spiro atoms. The minimum Gasteiger partial charge on any atom is -0.462 e. The van der Waals surface area contributed by atoms with Gasteiger partial charge in [0, 0.05) is 7.05 Å². The molecule has 0 unspecified atom stereocenters. The van der Waals surface area contributed by atoms with Crippen LogP contribution in [0.4, 0.5) is 11.6 Å². The summed E-state index contributed by atoms with van der Waals surface area (Å²) in [5, 5.41) is 21.1. The Morgan fingerprint density at radius 3 is 2.72 bits per heavy atom. The number of nitrogens with zero attached hydrogens (tertiary/aromatic N) is 5. The van der Waals surface area contributed by atoms with Gasteiger partial charge in [0.1, 0.15) is 22.4 Å². The van der Waals surface area contributed by atoms with Crippen molar-refractivity contribution in [3.63, 3.8) is 0 Å². The van der Waals surface area contributed by atoms with Crippen molar-refractivity contribution in [3.05, 3.63) is 32.0 Å².